The van der Waals surface area contributed by atoms with Crippen molar-refractivity contribution in [1.29, 1.82) is 0 Å². The van der Waals surface area contributed by atoms with Crippen molar-refractivity contribution in [2.24, 2.45) is 0 Å². The minimum Gasteiger partial charge on any atom is -0.396 e. The van der Waals surface area contributed by atoms with Gasteiger partial charge in [0, 0.05) is 39.3 Å². The molecule has 0 amide bonds. The molecule has 3 nitrogen and oxygen atoms in total. The molecule has 1 atom stereocenters. The molecule has 0 spiro atoms. The van der Waals surface area contributed by atoms with Gasteiger partial charge < -0.3 is 10.0 Å². The largest absolute Gasteiger partial charge is 0.403 e. The molecule has 1 rings (SSSR count). The molecule has 1 saturated heterocycles. The van der Waals surface area contributed by atoms with Crippen LogP contribution in [0.5, 0.6) is 0 Å². The van der Waals surface area contributed by atoms with E-state index in [9.17, 15) is 13.2 Å². The van der Waals surface area contributed by atoms with Gasteiger partial charge in [-0.2, -0.15) is 13.2 Å². The molecule has 0 bridgehead atoms. The normalized spacial score (nSPS) is 22.3. The monoisotopic (exact) mass is 240 g/mol. The van der Waals surface area contributed by atoms with Crippen LogP contribution in [0.4, 0.5) is 13.2 Å². The molecule has 1 N–H and O–H groups in total. The number of piperazine rings is 1. The molecule has 1 fully saturated rings. The summed E-state index contributed by atoms with van der Waals surface area (Å²) < 4.78 is 37.3. The zero-order valence-corrected chi connectivity index (χ0v) is 9.50. The maximum Gasteiger partial charge on any atom is 0.403 e. The number of rotatable bonds is 4. The van der Waals surface area contributed by atoms with Crippen molar-refractivity contribution in [2.75, 3.05) is 39.3 Å². The summed E-state index contributed by atoms with van der Waals surface area (Å²) in [7, 11) is 0. The number of aliphatic hydroxyl groups is 1. The van der Waals surface area contributed by atoms with Gasteiger partial charge in [-0.05, 0) is 13.3 Å². The number of halogens is 3. The minimum atomic E-state index is -4.13. The molecule has 0 aromatic carbocycles. The minimum absolute atomic E-state index is 0.138. The highest BCUT2D eigenvalue weighted by molar-refractivity contribution is 4.80. The Labute approximate surface area is 93.8 Å². The molecule has 1 aliphatic heterocycles. The molecule has 1 unspecified atom stereocenters. The van der Waals surface area contributed by atoms with Crippen LogP contribution in [0.15, 0.2) is 0 Å². The van der Waals surface area contributed by atoms with Gasteiger partial charge in [0.25, 0.3) is 0 Å². The van der Waals surface area contributed by atoms with Crippen LogP contribution in [0, 0.1) is 0 Å². The van der Waals surface area contributed by atoms with Gasteiger partial charge in [0.15, 0.2) is 0 Å². The molecule has 1 heterocycles. The fraction of sp³-hybridized carbons (Fsp3) is 1.00. The van der Waals surface area contributed by atoms with E-state index in [0.717, 1.165) is 6.54 Å². The quantitative estimate of drug-likeness (QED) is 0.792. The van der Waals surface area contributed by atoms with Crippen molar-refractivity contribution >= 4 is 0 Å². The van der Waals surface area contributed by atoms with Gasteiger partial charge in [-0.1, -0.05) is 0 Å². The molecule has 0 aromatic heterocycles. The smallest absolute Gasteiger partial charge is 0.396 e. The third-order valence-corrected chi connectivity index (χ3v) is 3.06. The number of hydrogen-bond donors (Lipinski definition) is 1. The van der Waals surface area contributed by atoms with Crippen LogP contribution < -0.4 is 0 Å². The molecular weight excluding hydrogens is 221 g/mol. The standard InChI is InChI=1S/C10H19F3N2O/c1-9(10(11,12)13)15-6-4-14(5-7-15)3-2-8-16/h9,16H,2-8H2,1H3. The first-order chi connectivity index (χ1) is 7.45. The lowest BCUT2D eigenvalue weighted by Gasteiger charge is -2.38. The SMILES string of the molecule is CC(N1CCN(CCCO)CC1)C(F)(F)F. The number of hydrogen-bond acceptors (Lipinski definition) is 3. The highest BCUT2D eigenvalue weighted by Gasteiger charge is 2.40. The number of aliphatic hydroxyl groups excluding tert-OH is 1. The average molecular weight is 240 g/mol. The van der Waals surface area contributed by atoms with Gasteiger partial charge in [-0.3, -0.25) is 4.90 Å². The van der Waals surface area contributed by atoms with Crippen molar-refractivity contribution in [3.05, 3.63) is 0 Å². The maximum absolute atomic E-state index is 12.4. The third kappa shape index (κ3) is 3.92. The first-order valence-electron chi connectivity index (χ1n) is 5.59. The first kappa shape index (κ1) is 13.7. The van der Waals surface area contributed by atoms with Crippen LogP contribution in [0.2, 0.25) is 0 Å². The summed E-state index contributed by atoms with van der Waals surface area (Å²) in [4.78, 5) is 3.56. The lowest BCUT2D eigenvalue weighted by molar-refractivity contribution is -0.182. The van der Waals surface area contributed by atoms with Gasteiger partial charge in [0.2, 0.25) is 0 Å². The second-order valence-corrected chi connectivity index (χ2v) is 4.17. The summed E-state index contributed by atoms with van der Waals surface area (Å²) in [5.41, 5.74) is 0. The highest BCUT2D eigenvalue weighted by atomic mass is 19.4. The zero-order chi connectivity index (χ0) is 12.2. The molecule has 0 aromatic rings. The van der Waals surface area contributed by atoms with Crippen LogP contribution in [0.25, 0.3) is 0 Å². The van der Waals surface area contributed by atoms with E-state index in [1.54, 1.807) is 0 Å². The van der Waals surface area contributed by atoms with Crippen LogP contribution in [-0.4, -0.2) is 66.5 Å². The van der Waals surface area contributed by atoms with Gasteiger partial charge in [0.1, 0.15) is 6.04 Å². The van der Waals surface area contributed by atoms with Crippen LogP contribution in [0.3, 0.4) is 0 Å². The molecular formula is C10H19F3N2O. The average Bonchev–Trinajstić information content (AvgIpc) is 2.25. The molecule has 0 radical (unpaired) electrons. The van der Waals surface area contributed by atoms with Gasteiger partial charge in [-0.25, -0.2) is 0 Å². The van der Waals surface area contributed by atoms with Crippen molar-refractivity contribution < 1.29 is 18.3 Å². The first-order valence-corrected chi connectivity index (χ1v) is 5.59. The van der Waals surface area contributed by atoms with Crippen LogP contribution in [-0.2, 0) is 0 Å². The predicted molar refractivity (Wildman–Crippen MR) is 55.2 cm³/mol. The second kappa shape index (κ2) is 5.84. The highest BCUT2D eigenvalue weighted by Crippen LogP contribution is 2.25. The van der Waals surface area contributed by atoms with Crippen LogP contribution >= 0.6 is 0 Å². The zero-order valence-electron chi connectivity index (χ0n) is 9.50. The van der Waals surface area contributed by atoms with Gasteiger partial charge in [0.05, 0.1) is 0 Å². The van der Waals surface area contributed by atoms with Crippen molar-refractivity contribution in [3.63, 3.8) is 0 Å². The predicted octanol–water partition coefficient (Wildman–Crippen LogP) is 0.937. The summed E-state index contributed by atoms with van der Waals surface area (Å²) in [6, 6.07) is -1.35. The van der Waals surface area contributed by atoms with E-state index in [1.807, 2.05) is 0 Å². The van der Waals surface area contributed by atoms with E-state index in [1.165, 1.54) is 11.8 Å². The molecule has 0 aliphatic carbocycles. The third-order valence-electron chi connectivity index (χ3n) is 3.06. The van der Waals surface area contributed by atoms with Gasteiger partial charge in [-0.15, -0.1) is 0 Å². The number of alkyl halides is 3. The van der Waals surface area contributed by atoms with Gasteiger partial charge >= 0.3 is 6.18 Å². The maximum atomic E-state index is 12.4. The fourth-order valence-corrected chi connectivity index (χ4v) is 1.88. The Kier molecular flexibility index (Phi) is 5.01. The van der Waals surface area contributed by atoms with E-state index in [-0.39, 0.29) is 6.61 Å². The Balaban J connectivity index is 2.31. The summed E-state index contributed by atoms with van der Waals surface area (Å²) in [5.74, 6) is 0. The van der Waals surface area contributed by atoms with Crippen LogP contribution in [0.1, 0.15) is 13.3 Å². The molecule has 0 saturated carbocycles. The van der Waals surface area contributed by atoms with Crippen molar-refractivity contribution in [3.8, 4) is 0 Å². The van der Waals surface area contributed by atoms with Crippen molar-refractivity contribution in [1.82, 2.24) is 9.80 Å². The molecule has 16 heavy (non-hydrogen) atoms. The lowest BCUT2D eigenvalue weighted by atomic mass is 10.2. The Hall–Kier alpha value is -0.330. The van der Waals surface area contributed by atoms with E-state index < -0.39 is 12.2 Å². The van der Waals surface area contributed by atoms with E-state index >= 15 is 0 Å². The van der Waals surface area contributed by atoms with E-state index in [4.69, 9.17) is 5.11 Å². The topological polar surface area (TPSA) is 26.7 Å². The molecule has 96 valence electrons. The summed E-state index contributed by atoms with van der Waals surface area (Å²) >= 11 is 0. The Bertz CT molecular complexity index is 203. The Morgan fingerprint density at radius 1 is 1.19 bits per heavy atom. The summed E-state index contributed by atoms with van der Waals surface area (Å²) in [6.45, 7) is 4.33. The molecule has 1 aliphatic rings. The second-order valence-electron chi connectivity index (χ2n) is 4.17. The summed E-state index contributed by atoms with van der Waals surface area (Å²) in [6.07, 6.45) is -3.44. The summed E-state index contributed by atoms with van der Waals surface area (Å²) in [5, 5.41) is 8.66. The van der Waals surface area contributed by atoms with Crippen molar-refractivity contribution in [2.45, 2.75) is 25.6 Å². The number of nitrogens with zero attached hydrogens (tertiary/aromatic N) is 2. The molecule has 6 heteroatoms. The van der Waals surface area contributed by atoms with E-state index in [2.05, 4.69) is 4.90 Å². The van der Waals surface area contributed by atoms with E-state index in [0.29, 0.717) is 32.6 Å². The Morgan fingerprint density at radius 3 is 2.19 bits per heavy atom. The fourth-order valence-electron chi connectivity index (χ4n) is 1.88. The Morgan fingerprint density at radius 2 is 1.75 bits per heavy atom. The lowest BCUT2D eigenvalue weighted by Crippen LogP contribution is -2.53.